The van der Waals surface area contributed by atoms with Crippen LogP contribution in [0.15, 0.2) is 36.7 Å². The molecule has 0 atom stereocenters. The summed E-state index contributed by atoms with van der Waals surface area (Å²) in [6.07, 6.45) is 2.92. The van der Waals surface area contributed by atoms with Crippen LogP contribution in [-0.4, -0.2) is 35.1 Å². The molecule has 7 heteroatoms. The van der Waals surface area contributed by atoms with Gasteiger partial charge in [0.05, 0.1) is 0 Å². The number of alkyl halides is 3. The Morgan fingerprint density at radius 3 is 2.62 bits per heavy atom. The molecule has 0 unspecified atom stereocenters. The number of hydrogen-bond donors (Lipinski definition) is 0. The maximum absolute atomic E-state index is 12.7. The van der Waals surface area contributed by atoms with Crippen molar-refractivity contribution in [3.63, 3.8) is 0 Å². The molecular weight excluding hydrogens is 365 g/mol. The fourth-order valence-electron chi connectivity index (χ4n) is 3.04. The van der Waals surface area contributed by atoms with Gasteiger partial charge in [-0.2, -0.15) is 13.2 Å². The number of hydrogen-bond acceptors (Lipinski definition) is 2. The monoisotopic (exact) mass is 380 g/mol. The maximum Gasteiger partial charge on any atom is 0.471 e. The Balaban J connectivity index is 1.88. The molecule has 0 spiro atoms. The van der Waals surface area contributed by atoms with E-state index < -0.39 is 12.1 Å². The largest absolute Gasteiger partial charge is 0.471 e. The van der Waals surface area contributed by atoms with Gasteiger partial charge in [0.25, 0.3) is 0 Å². The minimum Gasteiger partial charge on any atom is -0.334 e. The number of rotatable bonds is 2. The Labute approximate surface area is 154 Å². The molecule has 2 heterocycles. The van der Waals surface area contributed by atoms with Gasteiger partial charge in [0, 0.05) is 30.5 Å². The van der Waals surface area contributed by atoms with Gasteiger partial charge in [0.1, 0.15) is 0 Å². The maximum atomic E-state index is 12.7. The zero-order valence-electron chi connectivity index (χ0n) is 13.8. The van der Waals surface area contributed by atoms with Crippen LogP contribution in [0.5, 0.6) is 0 Å². The average Bonchev–Trinajstić information content (AvgIpc) is 2.83. The van der Waals surface area contributed by atoms with Crippen LogP contribution in [0.3, 0.4) is 0 Å². The number of aromatic nitrogens is 1. The van der Waals surface area contributed by atoms with Gasteiger partial charge in [-0.3, -0.25) is 9.78 Å². The highest BCUT2D eigenvalue weighted by atomic mass is 35.5. The highest BCUT2D eigenvalue weighted by molar-refractivity contribution is 6.32. The van der Waals surface area contributed by atoms with E-state index in [4.69, 9.17) is 11.6 Å². The van der Waals surface area contributed by atoms with Gasteiger partial charge in [-0.1, -0.05) is 35.9 Å². The van der Waals surface area contributed by atoms with E-state index >= 15 is 0 Å². The first-order valence-corrected chi connectivity index (χ1v) is 8.48. The zero-order chi connectivity index (χ0) is 18.7. The first-order chi connectivity index (χ1) is 12.4. The number of carbonyl (C=O) groups is 1. The van der Waals surface area contributed by atoms with E-state index in [1.807, 2.05) is 30.4 Å². The summed E-state index contributed by atoms with van der Waals surface area (Å²) in [6.45, 7) is 0.0537. The van der Waals surface area contributed by atoms with Crippen LogP contribution in [0.25, 0.3) is 12.2 Å². The lowest BCUT2D eigenvalue weighted by molar-refractivity contribution is -0.185. The molecule has 1 aromatic carbocycles. The van der Waals surface area contributed by atoms with Gasteiger partial charge in [0.15, 0.2) is 0 Å². The number of amides is 1. The zero-order valence-corrected chi connectivity index (χ0v) is 14.5. The molecule has 2 aromatic rings. The molecule has 0 N–H and O–H groups in total. The molecule has 1 aliphatic heterocycles. The smallest absolute Gasteiger partial charge is 0.334 e. The van der Waals surface area contributed by atoms with Gasteiger partial charge in [0.2, 0.25) is 0 Å². The third-order valence-electron chi connectivity index (χ3n) is 4.34. The fraction of sp³-hybridized carbons (Fsp3) is 0.263. The van der Waals surface area contributed by atoms with Crippen molar-refractivity contribution in [1.82, 2.24) is 9.88 Å². The molecule has 1 aliphatic rings. The van der Waals surface area contributed by atoms with Crippen molar-refractivity contribution < 1.29 is 18.0 Å². The Morgan fingerprint density at radius 2 is 1.92 bits per heavy atom. The minimum absolute atomic E-state index is 0.0133. The molecule has 3 nitrogen and oxygen atoms in total. The van der Waals surface area contributed by atoms with Crippen LogP contribution in [0.1, 0.15) is 22.3 Å². The predicted molar refractivity (Wildman–Crippen MR) is 94.7 cm³/mol. The van der Waals surface area contributed by atoms with Crippen LogP contribution in [0.2, 0.25) is 5.02 Å². The van der Waals surface area contributed by atoms with Crippen LogP contribution < -0.4 is 0 Å². The average molecular weight is 381 g/mol. The molecule has 0 saturated carbocycles. The molecule has 3 rings (SSSR count). The number of fused-ring (bicyclic) bond motifs is 1. The van der Waals surface area contributed by atoms with Crippen molar-refractivity contribution in [2.45, 2.75) is 19.0 Å². The Hall–Kier alpha value is -2.34. The summed E-state index contributed by atoms with van der Waals surface area (Å²) in [4.78, 5) is 16.4. The Kier molecular flexibility index (Phi) is 5.32. The SMILES string of the molecule is O=C(N1CCc2ccc(Cl)c(/C=C\c3cccnc3)c2CC1)C(F)(F)F. The normalized spacial score (nSPS) is 15.0. The van der Waals surface area contributed by atoms with E-state index in [1.165, 1.54) is 0 Å². The lowest BCUT2D eigenvalue weighted by atomic mass is 9.96. The van der Waals surface area contributed by atoms with Crippen molar-refractivity contribution in [3.8, 4) is 0 Å². The van der Waals surface area contributed by atoms with Crippen molar-refractivity contribution in [1.29, 1.82) is 0 Å². The summed E-state index contributed by atoms with van der Waals surface area (Å²) >= 11 is 6.32. The first-order valence-electron chi connectivity index (χ1n) is 8.11. The molecule has 1 amide bonds. The summed E-state index contributed by atoms with van der Waals surface area (Å²) in [5, 5.41) is 0.527. The van der Waals surface area contributed by atoms with E-state index in [-0.39, 0.29) is 13.1 Å². The Morgan fingerprint density at radius 1 is 1.15 bits per heavy atom. The van der Waals surface area contributed by atoms with Gasteiger partial charge in [-0.15, -0.1) is 0 Å². The molecule has 0 bridgehead atoms. The standard InChI is InChI=1S/C19H16ClF3N2O/c20-17-6-4-14-7-10-25(18(26)19(21,22)23)11-8-15(14)16(17)5-3-13-2-1-9-24-12-13/h1-6,9,12H,7-8,10-11H2/b5-3-. The van der Waals surface area contributed by atoms with Crippen molar-refractivity contribution >= 4 is 29.7 Å². The van der Waals surface area contributed by atoms with E-state index in [9.17, 15) is 18.0 Å². The highest BCUT2D eigenvalue weighted by Crippen LogP contribution is 2.29. The second-order valence-corrected chi connectivity index (χ2v) is 6.42. The van der Waals surface area contributed by atoms with Crippen molar-refractivity contribution in [3.05, 3.63) is 63.9 Å². The third-order valence-corrected chi connectivity index (χ3v) is 4.67. The number of carbonyl (C=O) groups excluding carboxylic acids is 1. The van der Waals surface area contributed by atoms with Crippen LogP contribution >= 0.6 is 11.6 Å². The minimum atomic E-state index is -4.85. The summed E-state index contributed by atoms with van der Waals surface area (Å²) in [7, 11) is 0. The van der Waals surface area contributed by atoms with E-state index in [0.29, 0.717) is 17.9 Å². The van der Waals surface area contributed by atoms with Crippen LogP contribution in [0, 0.1) is 0 Å². The molecule has 1 aromatic heterocycles. The van der Waals surface area contributed by atoms with E-state index in [0.717, 1.165) is 27.2 Å². The summed E-state index contributed by atoms with van der Waals surface area (Å²) in [5.74, 6) is -1.79. The quantitative estimate of drug-likeness (QED) is 0.774. The lowest BCUT2D eigenvalue weighted by Gasteiger charge is -2.21. The van der Waals surface area contributed by atoms with E-state index in [2.05, 4.69) is 4.98 Å². The predicted octanol–water partition coefficient (Wildman–Crippen LogP) is 4.39. The number of halogens is 4. The van der Waals surface area contributed by atoms with Crippen LogP contribution in [0.4, 0.5) is 13.2 Å². The Bertz CT molecular complexity index is 835. The van der Waals surface area contributed by atoms with Gasteiger partial charge in [-0.05, 0) is 47.2 Å². The summed E-state index contributed by atoms with van der Waals surface area (Å²) < 4.78 is 38.2. The number of nitrogens with zero attached hydrogens (tertiary/aromatic N) is 2. The second kappa shape index (κ2) is 7.50. The lowest BCUT2D eigenvalue weighted by Crippen LogP contribution is -2.42. The van der Waals surface area contributed by atoms with E-state index in [1.54, 1.807) is 18.5 Å². The molecule has 26 heavy (non-hydrogen) atoms. The fourth-order valence-corrected chi connectivity index (χ4v) is 3.28. The topological polar surface area (TPSA) is 33.2 Å². The van der Waals surface area contributed by atoms with Gasteiger partial charge >= 0.3 is 12.1 Å². The molecule has 0 fully saturated rings. The van der Waals surface area contributed by atoms with Crippen molar-refractivity contribution in [2.24, 2.45) is 0 Å². The first kappa shape index (κ1) is 18.5. The molecule has 0 aliphatic carbocycles. The third kappa shape index (κ3) is 4.07. The second-order valence-electron chi connectivity index (χ2n) is 6.01. The number of benzene rings is 1. The summed E-state index contributed by atoms with van der Waals surface area (Å²) in [5.41, 5.74) is 3.46. The molecule has 0 saturated heterocycles. The highest BCUT2D eigenvalue weighted by Gasteiger charge is 2.42. The van der Waals surface area contributed by atoms with Gasteiger partial charge in [-0.25, -0.2) is 0 Å². The molecular formula is C19H16ClF3N2O. The summed E-state index contributed by atoms with van der Waals surface area (Å²) in [6, 6.07) is 7.27. The van der Waals surface area contributed by atoms with Crippen molar-refractivity contribution in [2.75, 3.05) is 13.1 Å². The molecule has 136 valence electrons. The molecule has 0 radical (unpaired) electrons. The van der Waals surface area contributed by atoms with Crippen LogP contribution in [-0.2, 0) is 17.6 Å². The van der Waals surface area contributed by atoms with Gasteiger partial charge < -0.3 is 4.90 Å². The number of pyridine rings is 1.